The molecule has 82 valence electrons. The molecular formula is C10H8O5P+. The lowest BCUT2D eigenvalue weighted by molar-refractivity contribution is 0.0917. The SMILES string of the molecule is O=C(CO[P+](=O)O)c1ccc2ccoc2c1. The van der Waals surface area contributed by atoms with E-state index < -0.39 is 14.9 Å². The van der Waals surface area contributed by atoms with Crippen molar-refractivity contribution in [3.05, 3.63) is 36.1 Å². The molecular weight excluding hydrogens is 231 g/mol. The van der Waals surface area contributed by atoms with Gasteiger partial charge in [0.2, 0.25) is 0 Å². The minimum Gasteiger partial charge on any atom is -0.464 e. The Bertz CT molecular complexity index is 545. The van der Waals surface area contributed by atoms with Gasteiger partial charge >= 0.3 is 8.25 Å². The van der Waals surface area contributed by atoms with Crippen LogP contribution in [0.4, 0.5) is 0 Å². The zero-order valence-corrected chi connectivity index (χ0v) is 9.02. The first-order valence-corrected chi connectivity index (χ1v) is 5.59. The molecule has 1 N–H and O–H groups in total. The Labute approximate surface area is 91.6 Å². The zero-order valence-electron chi connectivity index (χ0n) is 8.12. The summed E-state index contributed by atoms with van der Waals surface area (Å²) in [6, 6.07) is 6.72. The van der Waals surface area contributed by atoms with Gasteiger partial charge in [0.25, 0.3) is 0 Å². The van der Waals surface area contributed by atoms with Crippen molar-refractivity contribution in [2.45, 2.75) is 0 Å². The van der Waals surface area contributed by atoms with Crippen molar-refractivity contribution in [3.8, 4) is 0 Å². The number of Topliss-reactive ketones (excluding diaryl/α,β-unsaturated/α-hetero) is 1. The highest BCUT2D eigenvalue weighted by Gasteiger charge is 2.17. The normalized spacial score (nSPS) is 11.7. The van der Waals surface area contributed by atoms with Crippen LogP contribution in [0.5, 0.6) is 0 Å². The maximum atomic E-state index is 11.5. The molecule has 0 aliphatic carbocycles. The number of hydrogen-bond donors (Lipinski definition) is 1. The van der Waals surface area contributed by atoms with Crippen molar-refractivity contribution in [1.82, 2.24) is 0 Å². The lowest BCUT2D eigenvalue weighted by Crippen LogP contribution is -2.05. The third-order valence-electron chi connectivity index (χ3n) is 2.08. The first-order valence-electron chi connectivity index (χ1n) is 4.46. The van der Waals surface area contributed by atoms with Gasteiger partial charge in [-0.2, -0.15) is 0 Å². The van der Waals surface area contributed by atoms with E-state index in [4.69, 9.17) is 9.31 Å². The van der Waals surface area contributed by atoms with Crippen LogP contribution in [0.15, 0.2) is 34.9 Å². The number of carbonyl (C=O) groups is 1. The maximum absolute atomic E-state index is 11.5. The van der Waals surface area contributed by atoms with Crippen LogP contribution in [-0.4, -0.2) is 17.3 Å². The van der Waals surface area contributed by atoms with Crippen molar-refractivity contribution in [2.75, 3.05) is 6.61 Å². The van der Waals surface area contributed by atoms with Crippen LogP contribution >= 0.6 is 8.25 Å². The van der Waals surface area contributed by atoms with E-state index in [1.54, 1.807) is 24.3 Å². The quantitative estimate of drug-likeness (QED) is 0.654. The Morgan fingerprint density at radius 1 is 1.44 bits per heavy atom. The van der Waals surface area contributed by atoms with Gasteiger partial charge in [-0.1, -0.05) is 12.1 Å². The number of carbonyl (C=O) groups excluding carboxylic acids is 1. The predicted molar refractivity (Wildman–Crippen MR) is 56.3 cm³/mol. The molecule has 2 rings (SSSR count). The molecule has 0 bridgehead atoms. The van der Waals surface area contributed by atoms with E-state index in [1.165, 1.54) is 6.26 Å². The van der Waals surface area contributed by atoms with Gasteiger partial charge in [-0.3, -0.25) is 4.79 Å². The number of furan rings is 1. The average molecular weight is 239 g/mol. The minimum atomic E-state index is -2.74. The second kappa shape index (κ2) is 4.53. The molecule has 0 aliphatic rings. The van der Waals surface area contributed by atoms with Crippen molar-refractivity contribution in [1.29, 1.82) is 0 Å². The summed E-state index contributed by atoms with van der Waals surface area (Å²) in [5.41, 5.74) is 0.985. The van der Waals surface area contributed by atoms with Crippen molar-refractivity contribution in [2.24, 2.45) is 0 Å². The van der Waals surface area contributed by atoms with E-state index in [0.29, 0.717) is 11.1 Å². The first-order chi connectivity index (χ1) is 7.66. The molecule has 0 fully saturated rings. The van der Waals surface area contributed by atoms with Crippen molar-refractivity contribution in [3.63, 3.8) is 0 Å². The van der Waals surface area contributed by atoms with Gasteiger partial charge in [0.05, 0.1) is 6.26 Å². The number of ketones is 1. The molecule has 0 spiro atoms. The van der Waals surface area contributed by atoms with Crippen LogP contribution in [-0.2, 0) is 9.09 Å². The average Bonchev–Trinajstić information content (AvgIpc) is 2.72. The fourth-order valence-electron chi connectivity index (χ4n) is 1.33. The topological polar surface area (TPSA) is 76.7 Å². The number of hydrogen-bond acceptors (Lipinski definition) is 4. The lowest BCUT2D eigenvalue weighted by atomic mass is 10.1. The Kier molecular flexibility index (Phi) is 3.10. The molecule has 1 aromatic carbocycles. The summed E-state index contributed by atoms with van der Waals surface area (Å²) in [4.78, 5) is 19.9. The van der Waals surface area contributed by atoms with Gasteiger partial charge in [0.1, 0.15) is 5.58 Å². The molecule has 5 nitrogen and oxygen atoms in total. The Morgan fingerprint density at radius 3 is 3.00 bits per heavy atom. The summed E-state index contributed by atoms with van der Waals surface area (Å²) in [6.07, 6.45) is 1.53. The standard InChI is InChI=1S/C10H7O5P/c11-9(6-15-16(12)13)8-2-1-7-3-4-14-10(7)5-8/h1-5H,6H2/p+1. The van der Waals surface area contributed by atoms with Gasteiger partial charge in [0.15, 0.2) is 12.4 Å². The Balaban J connectivity index is 2.19. The highest BCUT2D eigenvalue weighted by atomic mass is 31.1. The molecule has 1 atom stereocenters. The summed E-state index contributed by atoms with van der Waals surface area (Å²) < 4.78 is 19.7. The highest BCUT2D eigenvalue weighted by molar-refractivity contribution is 7.32. The molecule has 1 heterocycles. The van der Waals surface area contributed by atoms with Gasteiger partial charge in [-0.25, -0.2) is 0 Å². The third-order valence-corrected chi connectivity index (χ3v) is 2.43. The predicted octanol–water partition coefficient (Wildman–Crippen LogP) is 2.28. The number of fused-ring (bicyclic) bond motifs is 1. The minimum absolute atomic E-state index is 0.365. The van der Waals surface area contributed by atoms with Gasteiger partial charge < -0.3 is 4.42 Å². The summed E-state index contributed by atoms with van der Waals surface area (Å²) in [6.45, 7) is -0.419. The van der Waals surface area contributed by atoms with Crippen LogP contribution in [0.1, 0.15) is 10.4 Å². The van der Waals surface area contributed by atoms with Crippen LogP contribution in [0.25, 0.3) is 11.0 Å². The van der Waals surface area contributed by atoms with Crippen molar-refractivity contribution >= 4 is 25.0 Å². The van der Waals surface area contributed by atoms with E-state index in [0.717, 1.165) is 5.39 Å². The first kappa shape index (κ1) is 11.0. The highest BCUT2D eigenvalue weighted by Crippen LogP contribution is 2.19. The largest absolute Gasteiger partial charge is 0.695 e. The molecule has 1 unspecified atom stereocenters. The molecule has 0 radical (unpaired) electrons. The molecule has 2 aromatic rings. The van der Waals surface area contributed by atoms with Crippen LogP contribution < -0.4 is 0 Å². The second-order valence-corrected chi connectivity index (χ2v) is 3.84. The van der Waals surface area contributed by atoms with Gasteiger partial charge in [-0.05, 0) is 12.1 Å². The van der Waals surface area contributed by atoms with E-state index in [9.17, 15) is 9.36 Å². The van der Waals surface area contributed by atoms with Crippen molar-refractivity contribution < 1.29 is 23.2 Å². The fourth-order valence-corrected chi connectivity index (χ4v) is 1.55. The summed E-state index contributed by atoms with van der Waals surface area (Å²) in [5, 5.41) is 0.894. The van der Waals surface area contributed by atoms with E-state index >= 15 is 0 Å². The molecule has 0 saturated carbocycles. The summed E-state index contributed by atoms with van der Waals surface area (Å²) in [5.74, 6) is -0.365. The van der Waals surface area contributed by atoms with Crippen LogP contribution in [0.2, 0.25) is 0 Å². The number of rotatable bonds is 4. The zero-order chi connectivity index (χ0) is 11.5. The number of benzene rings is 1. The lowest BCUT2D eigenvalue weighted by Gasteiger charge is -1.96. The van der Waals surface area contributed by atoms with Crippen LogP contribution in [0.3, 0.4) is 0 Å². The summed E-state index contributed by atoms with van der Waals surface area (Å²) in [7, 11) is -2.74. The molecule has 0 amide bonds. The monoisotopic (exact) mass is 239 g/mol. The molecule has 6 heteroatoms. The van der Waals surface area contributed by atoms with E-state index in [2.05, 4.69) is 4.52 Å². The summed E-state index contributed by atoms with van der Waals surface area (Å²) >= 11 is 0. The molecule has 0 saturated heterocycles. The maximum Gasteiger partial charge on any atom is 0.695 e. The van der Waals surface area contributed by atoms with Gasteiger partial charge in [0, 0.05) is 15.5 Å². The smallest absolute Gasteiger partial charge is 0.464 e. The van der Waals surface area contributed by atoms with E-state index in [-0.39, 0.29) is 5.78 Å². The third kappa shape index (κ3) is 2.33. The van der Waals surface area contributed by atoms with Gasteiger partial charge in [-0.15, -0.1) is 9.42 Å². The fraction of sp³-hybridized carbons (Fsp3) is 0.100. The molecule has 1 aromatic heterocycles. The second-order valence-electron chi connectivity index (χ2n) is 3.11. The van der Waals surface area contributed by atoms with E-state index in [1.807, 2.05) is 0 Å². The Morgan fingerprint density at radius 2 is 2.25 bits per heavy atom. The Hall–Kier alpha value is -1.55. The molecule has 0 aliphatic heterocycles. The van der Waals surface area contributed by atoms with Crippen LogP contribution in [0, 0.1) is 0 Å². The molecule has 16 heavy (non-hydrogen) atoms.